The predicted octanol–water partition coefficient (Wildman–Crippen LogP) is 4.06. The van der Waals surface area contributed by atoms with Gasteiger partial charge >= 0.3 is 0 Å². The average Bonchev–Trinajstić information content (AvgIpc) is 3.62. The van der Waals surface area contributed by atoms with Crippen molar-refractivity contribution >= 4 is 49.9 Å². The lowest BCUT2D eigenvalue weighted by Crippen LogP contribution is -2.38. The minimum Gasteiger partial charge on any atom is -0.350 e. The van der Waals surface area contributed by atoms with Crippen LogP contribution in [0, 0.1) is 0 Å². The summed E-state index contributed by atoms with van der Waals surface area (Å²) in [5, 5.41) is 8.70. The predicted molar refractivity (Wildman–Crippen MR) is 160 cm³/mol. The van der Waals surface area contributed by atoms with Gasteiger partial charge in [-0.25, -0.2) is 18.1 Å². The summed E-state index contributed by atoms with van der Waals surface area (Å²) in [4.78, 5) is 33.1. The lowest BCUT2D eigenvalue weighted by atomic mass is 9.89. The van der Waals surface area contributed by atoms with E-state index in [-0.39, 0.29) is 22.9 Å². The van der Waals surface area contributed by atoms with Gasteiger partial charge in [-0.05, 0) is 49.4 Å². The lowest BCUT2D eigenvalue weighted by molar-refractivity contribution is 0.0713. The first kappa shape index (κ1) is 27.5. The molecule has 3 aromatic heterocycles. The molecule has 5 aromatic rings. The molecule has 0 unspecified atom stereocenters. The Morgan fingerprint density at radius 2 is 1.74 bits per heavy atom. The van der Waals surface area contributed by atoms with Crippen molar-refractivity contribution in [1.29, 1.82) is 0 Å². The number of nitrogens with zero attached hydrogens (tertiary/aromatic N) is 5. The van der Waals surface area contributed by atoms with Crippen LogP contribution in [0.3, 0.4) is 0 Å². The van der Waals surface area contributed by atoms with E-state index in [9.17, 15) is 18.0 Å². The van der Waals surface area contributed by atoms with Gasteiger partial charge in [-0.3, -0.25) is 9.59 Å². The van der Waals surface area contributed by atoms with E-state index in [0.717, 1.165) is 29.4 Å². The second-order valence-electron chi connectivity index (χ2n) is 10.4. The van der Waals surface area contributed by atoms with Crippen LogP contribution in [0.25, 0.3) is 16.6 Å². The van der Waals surface area contributed by atoms with Crippen molar-refractivity contribution in [3.63, 3.8) is 0 Å². The number of amides is 2. The monoisotopic (exact) mass is 585 g/mol. The number of rotatable bonds is 7. The number of carbonyl (C=O) groups is 2. The highest BCUT2D eigenvalue weighted by molar-refractivity contribution is 7.90. The molecular weight excluding hydrogens is 554 g/mol. The second-order valence-corrected chi connectivity index (χ2v) is 12.4. The van der Waals surface area contributed by atoms with Gasteiger partial charge in [-0.1, -0.05) is 36.4 Å². The van der Waals surface area contributed by atoms with Crippen LogP contribution in [0.4, 0.5) is 11.5 Å². The van der Waals surface area contributed by atoms with Crippen LogP contribution < -0.4 is 10.0 Å². The summed E-state index contributed by atoms with van der Waals surface area (Å²) in [6.45, 7) is 2.62. The van der Waals surface area contributed by atoms with E-state index in [1.807, 2.05) is 69.9 Å². The van der Waals surface area contributed by atoms with Crippen LogP contribution in [0.2, 0.25) is 0 Å². The van der Waals surface area contributed by atoms with Crippen molar-refractivity contribution < 1.29 is 18.0 Å². The van der Waals surface area contributed by atoms with E-state index in [1.165, 1.54) is 29.4 Å². The SMILES string of the molecule is CCS(=O)(=O)NC(=O)c1cnn2c(Nc3cccc4c3ccn4C)c(C(=O)N3CCC(c4ccccc4)CC3)cnc12. The Labute approximate surface area is 243 Å². The molecule has 2 N–H and O–H groups in total. The Hall–Kier alpha value is -4.71. The molecule has 0 aliphatic carbocycles. The molecule has 0 spiro atoms. The van der Waals surface area contributed by atoms with Crippen LogP contribution in [0.5, 0.6) is 0 Å². The van der Waals surface area contributed by atoms with E-state index >= 15 is 0 Å². The molecule has 216 valence electrons. The maximum absolute atomic E-state index is 14.0. The third-order valence-corrected chi connectivity index (χ3v) is 9.12. The second kappa shape index (κ2) is 10.9. The van der Waals surface area contributed by atoms with Crippen LogP contribution in [-0.2, 0) is 17.1 Å². The van der Waals surface area contributed by atoms with Crippen molar-refractivity contribution in [3.8, 4) is 0 Å². The smallest absolute Gasteiger partial charge is 0.270 e. The highest BCUT2D eigenvalue weighted by Crippen LogP contribution is 2.32. The molecule has 0 bridgehead atoms. The zero-order chi connectivity index (χ0) is 29.4. The Morgan fingerprint density at radius 1 is 0.976 bits per heavy atom. The number of fused-ring (bicyclic) bond motifs is 2. The van der Waals surface area contributed by atoms with Gasteiger partial charge in [0.1, 0.15) is 16.9 Å². The number of hydrogen-bond acceptors (Lipinski definition) is 7. The number of aryl methyl sites for hydroxylation is 1. The number of carbonyl (C=O) groups excluding carboxylic acids is 2. The largest absolute Gasteiger partial charge is 0.350 e. The van der Waals surface area contributed by atoms with Crippen molar-refractivity contribution in [2.45, 2.75) is 25.7 Å². The van der Waals surface area contributed by atoms with Gasteiger partial charge in [-0.15, -0.1) is 0 Å². The van der Waals surface area contributed by atoms with Crippen molar-refractivity contribution in [2.24, 2.45) is 7.05 Å². The fraction of sp³-hybridized carbons (Fsp3) is 0.267. The topological polar surface area (TPSA) is 131 Å². The van der Waals surface area contributed by atoms with E-state index in [2.05, 4.69) is 27.5 Å². The standard InChI is InChI=1S/C30H31N7O4S/c1-3-42(40,41)34-29(38)23-19-32-37-27(23)31-18-24(28(37)33-25-10-7-11-26-22(25)14-15-35(26)2)30(39)36-16-12-21(13-17-36)20-8-5-4-6-9-20/h4-11,14-15,18-19,21,33H,3,12-13,16-17H2,1-2H3,(H,34,38). The van der Waals surface area contributed by atoms with Gasteiger partial charge in [0.05, 0.1) is 11.9 Å². The zero-order valence-corrected chi connectivity index (χ0v) is 24.1. The molecule has 4 heterocycles. The molecule has 2 amide bonds. The molecule has 0 radical (unpaired) electrons. The summed E-state index contributed by atoms with van der Waals surface area (Å²) < 4.78 is 29.6. The van der Waals surface area contributed by atoms with Crippen LogP contribution >= 0.6 is 0 Å². The minimum atomic E-state index is -3.80. The summed E-state index contributed by atoms with van der Waals surface area (Å²) >= 11 is 0. The number of sulfonamides is 1. The average molecular weight is 586 g/mol. The maximum atomic E-state index is 14.0. The molecule has 2 aromatic carbocycles. The molecule has 0 atom stereocenters. The summed E-state index contributed by atoms with van der Waals surface area (Å²) in [6.07, 6.45) is 6.33. The number of aromatic nitrogens is 4. The molecule has 0 saturated carbocycles. The molecular formula is C30H31N7O4S. The first-order valence-electron chi connectivity index (χ1n) is 13.8. The van der Waals surface area contributed by atoms with Gasteiger partial charge in [-0.2, -0.15) is 9.61 Å². The minimum absolute atomic E-state index is 0.0179. The van der Waals surface area contributed by atoms with Gasteiger partial charge in [0, 0.05) is 49.1 Å². The molecule has 1 aliphatic rings. The molecule has 11 nitrogen and oxygen atoms in total. The fourth-order valence-electron chi connectivity index (χ4n) is 5.49. The molecule has 6 rings (SSSR count). The number of likely N-dealkylation sites (tertiary alicyclic amines) is 1. The maximum Gasteiger partial charge on any atom is 0.270 e. The Bertz CT molecular complexity index is 1910. The molecule has 1 aliphatic heterocycles. The van der Waals surface area contributed by atoms with Crippen LogP contribution in [0.1, 0.15) is 52.0 Å². The number of hydrogen-bond donors (Lipinski definition) is 2. The van der Waals surface area contributed by atoms with Gasteiger partial charge in [0.2, 0.25) is 10.0 Å². The fourth-order valence-corrected chi connectivity index (χ4v) is 6.02. The number of piperidine rings is 1. The highest BCUT2D eigenvalue weighted by Gasteiger charge is 2.29. The summed E-state index contributed by atoms with van der Waals surface area (Å²) in [7, 11) is -1.85. The number of benzene rings is 2. The first-order chi connectivity index (χ1) is 20.3. The van der Waals surface area contributed by atoms with E-state index in [0.29, 0.717) is 30.4 Å². The number of anilines is 2. The lowest BCUT2D eigenvalue weighted by Gasteiger charge is -2.32. The molecule has 42 heavy (non-hydrogen) atoms. The number of nitrogens with one attached hydrogen (secondary N) is 2. The van der Waals surface area contributed by atoms with Crippen molar-refractivity contribution in [1.82, 2.24) is 28.8 Å². The first-order valence-corrected chi connectivity index (χ1v) is 15.5. The molecule has 12 heteroatoms. The third-order valence-electron chi connectivity index (χ3n) is 7.86. The zero-order valence-electron chi connectivity index (χ0n) is 23.3. The Morgan fingerprint density at radius 3 is 2.48 bits per heavy atom. The molecule has 1 saturated heterocycles. The third kappa shape index (κ3) is 5.09. The van der Waals surface area contributed by atoms with Crippen molar-refractivity contribution in [3.05, 3.63) is 89.9 Å². The Kier molecular flexibility index (Phi) is 7.15. The highest BCUT2D eigenvalue weighted by atomic mass is 32.2. The summed E-state index contributed by atoms with van der Waals surface area (Å²) in [5.41, 5.74) is 3.42. The van der Waals surface area contributed by atoms with Crippen molar-refractivity contribution in [2.75, 3.05) is 24.2 Å². The Balaban J connectivity index is 1.38. The van der Waals surface area contributed by atoms with Gasteiger partial charge in [0.15, 0.2) is 5.65 Å². The summed E-state index contributed by atoms with van der Waals surface area (Å²) in [5.74, 6) is -0.565. The van der Waals surface area contributed by atoms with Gasteiger partial charge in [0.25, 0.3) is 11.8 Å². The van der Waals surface area contributed by atoms with Crippen LogP contribution in [-0.4, -0.2) is 63.1 Å². The quantitative estimate of drug-likeness (QED) is 0.295. The molecule has 1 fully saturated rings. The summed E-state index contributed by atoms with van der Waals surface area (Å²) in [6, 6.07) is 18.1. The van der Waals surface area contributed by atoms with Gasteiger partial charge < -0.3 is 14.8 Å². The normalized spacial score (nSPS) is 14.4. The van der Waals surface area contributed by atoms with Crippen LogP contribution in [0.15, 0.2) is 73.2 Å². The van der Waals surface area contributed by atoms with E-state index < -0.39 is 15.9 Å². The van der Waals surface area contributed by atoms with E-state index in [1.54, 1.807) is 0 Å². The van der Waals surface area contributed by atoms with E-state index in [4.69, 9.17) is 0 Å².